The van der Waals surface area contributed by atoms with E-state index in [9.17, 15) is 18.0 Å². The van der Waals surface area contributed by atoms with Gasteiger partial charge in [-0.2, -0.15) is 0 Å². The van der Waals surface area contributed by atoms with Gasteiger partial charge in [0.2, 0.25) is 11.8 Å². The SMILES string of the molecule is CCOCCC(=O)N1CCN(CC(=O)N(C)C)[C@@H]2CS(=O)(=O)C[C@@H]21. The molecule has 0 bridgehead atoms. The van der Waals surface area contributed by atoms with Crippen molar-refractivity contribution in [3.63, 3.8) is 0 Å². The second kappa shape index (κ2) is 7.79. The Bertz CT molecular complexity index is 578. The van der Waals surface area contributed by atoms with Crippen LogP contribution in [0.15, 0.2) is 0 Å². The third kappa shape index (κ3) is 4.46. The molecule has 0 radical (unpaired) electrons. The molecule has 8 nitrogen and oxygen atoms in total. The average Bonchev–Trinajstić information content (AvgIpc) is 2.82. The van der Waals surface area contributed by atoms with E-state index in [-0.39, 0.29) is 48.4 Å². The van der Waals surface area contributed by atoms with E-state index >= 15 is 0 Å². The summed E-state index contributed by atoms with van der Waals surface area (Å²) in [5, 5.41) is 0. The number of sulfone groups is 1. The molecular formula is C15H27N3O5S. The number of ether oxygens (including phenoxy) is 1. The molecule has 0 aromatic heterocycles. The van der Waals surface area contributed by atoms with Crippen molar-refractivity contribution in [2.75, 3.05) is 58.4 Å². The third-order valence-electron chi connectivity index (χ3n) is 4.61. The highest BCUT2D eigenvalue weighted by Crippen LogP contribution is 2.27. The van der Waals surface area contributed by atoms with E-state index in [1.54, 1.807) is 19.0 Å². The van der Waals surface area contributed by atoms with Crippen LogP contribution >= 0.6 is 0 Å². The van der Waals surface area contributed by atoms with Crippen molar-refractivity contribution in [3.8, 4) is 0 Å². The van der Waals surface area contributed by atoms with Crippen LogP contribution in [0.1, 0.15) is 13.3 Å². The Morgan fingerprint density at radius 1 is 1.17 bits per heavy atom. The van der Waals surface area contributed by atoms with Crippen LogP contribution in [0, 0.1) is 0 Å². The molecule has 0 saturated carbocycles. The van der Waals surface area contributed by atoms with E-state index in [1.807, 2.05) is 11.8 Å². The number of carbonyl (C=O) groups is 2. The summed E-state index contributed by atoms with van der Waals surface area (Å²) in [5.74, 6) is -0.151. The molecule has 2 atom stereocenters. The zero-order chi connectivity index (χ0) is 17.9. The lowest BCUT2D eigenvalue weighted by Crippen LogP contribution is -2.61. The molecule has 2 saturated heterocycles. The van der Waals surface area contributed by atoms with Crippen molar-refractivity contribution in [3.05, 3.63) is 0 Å². The Kier molecular flexibility index (Phi) is 6.22. The largest absolute Gasteiger partial charge is 0.381 e. The minimum atomic E-state index is -3.20. The molecule has 2 amide bonds. The first-order valence-corrected chi connectivity index (χ1v) is 10.1. The third-order valence-corrected chi connectivity index (χ3v) is 6.31. The van der Waals surface area contributed by atoms with Gasteiger partial charge < -0.3 is 14.5 Å². The maximum absolute atomic E-state index is 12.4. The molecule has 0 unspecified atom stereocenters. The first-order chi connectivity index (χ1) is 11.2. The number of likely N-dealkylation sites (N-methyl/N-ethyl adjacent to an activating group) is 1. The van der Waals surface area contributed by atoms with Crippen LogP contribution in [-0.2, 0) is 24.2 Å². The summed E-state index contributed by atoms with van der Waals surface area (Å²) in [6.45, 7) is 3.90. The molecule has 24 heavy (non-hydrogen) atoms. The van der Waals surface area contributed by atoms with E-state index in [1.165, 1.54) is 4.90 Å². The van der Waals surface area contributed by atoms with Gasteiger partial charge in [-0.15, -0.1) is 0 Å². The van der Waals surface area contributed by atoms with E-state index in [4.69, 9.17) is 4.74 Å². The molecule has 0 aromatic carbocycles. The highest BCUT2D eigenvalue weighted by molar-refractivity contribution is 7.91. The maximum atomic E-state index is 12.4. The topological polar surface area (TPSA) is 87.2 Å². The van der Waals surface area contributed by atoms with Crippen molar-refractivity contribution in [1.82, 2.24) is 14.7 Å². The molecular weight excluding hydrogens is 334 g/mol. The van der Waals surface area contributed by atoms with Crippen molar-refractivity contribution >= 4 is 21.7 Å². The minimum absolute atomic E-state index is 0.00755. The molecule has 2 rings (SSSR count). The molecule has 0 aliphatic carbocycles. The maximum Gasteiger partial charge on any atom is 0.236 e. The number of hydrogen-bond acceptors (Lipinski definition) is 6. The van der Waals surface area contributed by atoms with Crippen LogP contribution in [0.4, 0.5) is 0 Å². The number of carbonyl (C=O) groups excluding carboxylic acids is 2. The highest BCUT2D eigenvalue weighted by Gasteiger charge is 2.48. The fourth-order valence-corrected chi connectivity index (χ4v) is 5.31. The van der Waals surface area contributed by atoms with Gasteiger partial charge in [-0.05, 0) is 6.92 Å². The number of amides is 2. The predicted molar refractivity (Wildman–Crippen MR) is 89.3 cm³/mol. The molecule has 0 spiro atoms. The van der Waals surface area contributed by atoms with Crippen molar-refractivity contribution in [1.29, 1.82) is 0 Å². The zero-order valence-corrected chi connectivity index (χ0v) is 15.4. The van der Waals surface area contributed by atoms with Crippen LogP contribution < -0.4 is 0 Å². The van der Waals surface area contributed by atoms with Gasteiger partial charge in [0, 0.05) is 39.8 Å². The van der Waals surface area contributed by atoms with Crippen LogP contribution in [-0.4, -0.2) is 105 Å². The van der Waals surface area contributed by atoms with E-state index in [0.29, 0.717) is 26.3 Å². The van der Waals surface area contributed by atoms with Gasteiger partial charge in [-0.3, -0.25) is 14.5 Å². The second-order valence-electron chi connectivity index (χ2n) is 6.50. The fraction of sp³-hybridized carbons (Fsp3) is 0.867. The quantitative estimate of drug-likeness (QED) is 0.553. The summed E-state index contributed by atoms with van der Waals surface area (Å²) in [6, 6.07) is -0.670. The second-order valence-corrected chi connectivity index (χ2v) is 8.66. The van der Waals surface area contributed by atoms with Crippen molar-refractivity contribution in [2.45, 2.75) is 25.4 Å². The minimum Gasteiger partial charge on any atom is -0.381 e. The number of piperazine rings is 1. The highest BCUT2D eigenvalue weighted by atomic mass is 32.2. The molecule has 2 fully saturated rings. The molecule has 138 valence electrons. The summed E-state index contributed by atoms with van der Waals surface area (Å²) >= 11 is 0. The predicted octanol–water partition coefficient (Wildman–Crippen LogP) is -1.19. The van der Waals surface area contributed by atoms with Gasteiger partial charge in [0.05, 0.1) is 37.1 Å². The van der Waals surface area contributed by atoms with E-state index < -0.39 is 9.84 Å². The summed E-state index contributed by atoms with van der Waals surface area (Å²) in [4.78, 5) is 29.5. The Hall–Kier alpha value is -1.19. The lowest BCUT2D eigenvalue weighted by molar-refractivity contribution is -0.139. The molecule has 2 aliphatic heterocycles. The van der Waals surface area contributed by atoms with Crippen LogP contribution in [0.2, 0.25) is 0 Å². The summed E-state index contributed by atoms with van der Waals surface area (Å²) in [5.41, 5.74) is 0. The summed E-state index contributed by atoms with van der Waals surface area (Å²) < 4.78 is 29.4. The Morgan fingerprint density at radius 2 is 1.83 bits per heavy atom. The van der Waals surface area contributed by atoms with Crippen molar-refractivity contribution in [2.24, 2.45) is 0 Å². The van der Waals surface area contributed by atoms with Gasteiger partial charge in [0.1, 0.15) is 0 Å². The average molecular weight is 361 g/mol. The Morgan fingerprint density at radius 3 is 2.46 bits per heavy atom. The number of hydrogen-bond donors (Lipinski definition) is 0. The number of fused-ring (bicyclic) bond motifs is 1. The standard InChI is InChI=1S/C15H27N3O5S/c1-4-23-8-5-14(19)18-7-6-17(9-15(20)16(2)3)12-10-24(21,22)11-13(12)18/h12-13H,4-11H2,1-3H3/t12-,13+/m1/s1. The monoisotopic (exact) mass is 361 g/mol. The lowest BCUT2D eigenvalue weighted by atomic mass is 10.0. The van der Waals surface area contributed by atoms with E-state index in [2.05, 4.69) is 0 Å². The Balaban J connectivity index is 2.09. The lowest BCUT2D eigenvalue weighted by Gasteiger charge is -2.43. The summed E-state index contributed by atoms with van der Waals surface area (Å²) in [7, 11) is 0.157. The fourth-order valence-electron chi connectivity index (χ4n) is 3.29. The number of rotatable bonds is 6. The summed E-state index contributed by atoms with van der Waals surface area (Å²) in [6.07, 6.45) is 0.258. The van der Waals surface area contributed by atoms with Gasteiger partial charge in [-0.1, -0.05) is 0 Å². The molecule has 2 aliphatic rings. The van der Waals surface area contributed by atoms with E-state index in [0.717, 1.165) is 0 Å². The van der Waals surface area contributed by atoms with Crippen LogP contribution in [0.5, 0.6) is 0 Å². The van der Waals surface area contributed by atoms with Gasteiger partial charge >= 0.3 is 0 Å². The molecule has 9 heteroatoms. The molecule has 0 aromatic rings. The molecule has 0 N–H and O–H groups in total. The van der Waals surface area contributed by atoms with Crippen LogP contribution in [0.3, 0.4) is 0 Å². The Labute approximate surface area is 143 Å². The van der Waals surface area contributed by atoms with Gasteiger partial charge in [-0.25, -0.2) is 8.42 Å². The van der Waals surface area contributed by atoms with Gasteiger partial charge in [0.15, 0.2) is 9.84 Å². The molecule has 2 heterocycles. The van der Waals surface area contributed by atoms with Crippen molar-refractivity contribution < 1.29 is 22.7 Å². The smallest absolute Gasteiger partial charge is 0.236 e. The van der Waals surface area contributed by atoms with Crippen LogP contribution in [0.25, 0.3) is 0 Å². The first-order valence-electron chi connectivity index (χ1n) is 8.27. The zero-order valence-electron chi connectivity index (χ0n) is 14.6. The normalized spacial score (nSPS) is 26.2. The first kappa shape index (κ1) is 19.1. The van der Waals surface area contributed by atoms with Gasteiger partial charge in [0.25, 0.3) is 0 Å². The number of nitrogens with zero attached hydrogens (tertiary/aromatic N) is 3.